The molecule has 3 nitrogen and oxygen atoms in total. The zero-order valence-corrected chi connectivity index (χ0v) is 11.1. The van der Waals surface area contributed by atoms with Gasteiger partial charge >= 0.3 is 0 Å². The zero-order valence-electron chi connectivity index (χ0n) is 11.1. The number of carbonyl (C=O) groups excluding carboxylic acids is 1. The van der Waals surface area contributed by atoms with Crippen LogP contribution in [-0.2, 0) is 4.79 Å². The number of hydrogen-bond donors (Lipinski definition) is 1. The lowest BCUT2D eigenvalue weighted by Gasteiger charge is -2.25. The minimum absolute atomic E-state index is 0.231. The minimum Gasteiger partial charge on any atom is -0.342 e. The molecule has 1 aliphatic rings. The molecule has 1 amide bonds. The van der Waals surface area contributed by atoms with Gasteiger partial charge in [0.15, 0.2) is 0 Å². The van der Waals surface area contributed by atoms with Crippen LogP contribution in [0.1, 0.15) is 40.5 Å². The van der Waals surface area contributed by atoms with E-state index in [1.54, 1.807) is 0 Å². The van der Waals surface area contributed by atoms with Crippen molar-refractivity contribution in [2.24, 2.45) is 23.0 Å². The molecule has 1 fully saturated rings. The van der Waals surface area contributed by atoms with Crippen molar-refractivity contribution in [3.8, 4) is 0 Å². The highest BCUT2D eigenvalue weighted by atomic mass is 16.2. The van der Waals surface area contributed by atoms with Crippen molar-refractivity contribution in [2.45, 2.75) is 40.5 Å². The smallest absolute Gasteiger partial charge is 0.226 e. The van der Waals surface area contributed by atoms with E-state index in [-0.39, 0.29) is 11.3 Å². The summed E-state index contributed by atoms with van der Waals surface area (Å²) in [5.41, 5.74) is 5.75. The highest BCUT2D eigenvalue weighted by Crippen LogP contribution is 2.52. The van der Waals surface area contributed by atoms with Crippen molar-refractivity contribution in [3.63, 3.8) is 0 Å². The first-order valence-corrected chi connectivity index (χ1v) is 6.37. The topological polar surface area (TPSA) is 46.3 Å². The van der Waals surface area contributed by atoms with E-state index in [1.165, 1.54) is 0 Å². The molecule has 3 heteroatoms. The highest BCUT2D eigenvalue weighted by Gasteiger charge is 2.51. The van der Waals surface area contributed by atoms with Gasteiger partial charge in [-0.2, -0.15) is 0 Å². The lowest BCUT2D eigenvalue weighted by molar-refractivity contribution is -0.133. The van der Waals surface area contributed by atoms with Gasteiger partial charge in [-0.1, -0.05) is 27.7 Å². The fourth-order valence-corrected chi connectivity index (χ4v) is 2.12. The second-order valence-electron chi connectivity index (χ2n) is 6.07. The Morgan fingerprint density at radius 1 is 1.50 bits per heavy atom. The first kappa shape index (κ1) is 13.5. The van der Waals surface area contributed by atoms with Crippen LogP contribution < -0.4 is 5.73 Å². The lowest BCUT2D eigenvalue weighted by atomic mass is 10.1. The van der Waals surface area contributed by atoms with Crippen LogP contribution in [0.5, 0.6) is 0 Å². The SMILES string of the molecule is CC(C)CN(CCCN)C(=O)C1CC1(C)C. The van der Waals surface area contributed by atoms with Crippen molar-refractivity contribution in [3.05, 3.63) is 0 Å². The maximum atomic E-state index is 12.2. The Bertz CT molecular complexity index is 248. The Kier molecular flexibility index (Phi) is 4.36. The first-order chi connectivity index (χ1) is 7.38. The molecule has 0 heterocycles. The molecule has 0 spiro atoms. The van der Waals surface area contributed by atoms with Crippen LogP contribution >= 0.6 is 0 Å². The van der Waals surface area contributed by atoms with Crippen LogP contribution in [0.25, 0.3) is 0 Å². The van der Waals surface area contributed by atoms with Crippen molar-refractivity contribution in [1.82, 2.24) is 4.90 Å². The summed E-state index contributed by atoms with van der Waals surface area (Å²) in [6, 6.07) is 0. The monoisotopic (exact) mass is 226 g/mol. The number of rotatable bonds is 6. The number of nitrogens with two attached hydrogens (primary N) is 1. The fraction of sp³-hybridized carbons (Fsp3) is 0.923. The van der Waals surface area contributed by atoms with Crippen molar-refractivity contribution in [2.75, 3.05) is 19.6 Å². The maximum absolute atomic E-state index is 12.2. The Balaban J connectivity index is 2.51. The summed E-state index contributed by atoms with van der Waals surface area (Å²) < 4.78 is 0. The van der Waals surface area contributed by atoms with Gasteiger partial charge in [0.2, 0.25) is 5.91 Å². The quantitative estimate of drug-likeness (QED) is 0.751. The molecule has 1 saturated carbocycles. The van der Waals surface area contributed by atoms with Gasteiger partial charge in [-0.15, -0.1) is 0 Å². The molecule has 2 N–H and O–H groups in total. The third-order valence-corrected chi connectivity index (χ3v) is 3.34. The molecule has 0 radical (unpaired) electrons. The summed E-state index contributed by atoms with van der Waals surface area (Å²) in [4.78, 5) is 14.3. The second-order valence-corrected chi connectivity index (χ2v) is 6.07. The van der Waals surface area contributed by atoms with Crippen molar-refractivity contribution >= 4 is 5.91 Å². The van der Waals surface area contributed by atoms with Gasteiger partial charge in [0, 0.05) is 19.0 Å². The van der Waals surface area contributed by atoms with Gasteiger partial charge in [-0.25, -0.2) is 0 Å². The predicted octanol–water partition coefficient (Wildman–Crippen LogP) is 1.87. The summed E-state index contributed by atoms with van der Waals surface area (Å²) in [6.07, 6.45) is 1.95. The molecular formula is C13H26N2O. The van der Waals surface area contributed by atoms with Crippen molar-refractivity contribution < 1.29 is 4.79 Å². The van der Waals surface area contributed by atoms with E-state index in [4.69, 9.17) is 5.73 Å². The molecule has 0 aromatic heterocycles. The molecule has 16 heavy (non-hydrogen) atoms. The van der Waals surface area contributed by atoms with Gasteiger partial charge in [-0.05, 0) is 30.7 Å². The Morgan fingerprint density at radius 2 is 2.06 bits per heavy atom. The van der Waals surface area contributed by atoms with Gasteiger partial charge in [0.1, 0.15) is 0 Å². The summed E-state index contributed by atoms with van der Waals surface area (Å²) >= 11 is 0. The summed E-state index contributed by atoms with van der Waals surface area (Å²) in [5.74, 6) is 1.12. The summed E-state index contributed by atoms with van der Waals surface area (Å²) in [6.45, 7) is 11.0. The van der Waals surface area contributed by atoms with Crippen molar-refractivity contribution in [1.29, 1.82) is 0 Å². The van der Waals surface area contributed by atoms with Crippen LogP contribution in [0.4, 0.5) is 0 Å². The molecular weight excluding hydrogens is 200 g/mol. The first-order valence-electron chi connectivity index (χ1n) is 6.37. The number of nitrogens with zero attached hydrogens (tertiary/aromatic N) is 1. The van der Waals surface area contributed by atoms with Crippen LogP contribution in [0.3, 0.4) is 0 Å². The summed E-state index contributed by atoms with van der Waals surface area (Å²) in [5, 5.41) is 0. The van der Waals surface area contributed by atoms with Gasteiger partial charge in [0.25, 0.3) is 0 Å². The second kappa shape index (κ2) is 5.17. The zero-order chi connectivity index (χ0) is 12.3. The van der Waals surface area contributed by atoms with E-state index in [0.29, 0.717) is 18.4 Å². The minimum atomic E-state index is 0.231. The molecule has 94 valence electrons. The third kappa shape index (κ3) is 3.48. The lowest BCUT2D eigenvalue weighted by Crippen LogP contribution is -2.37. The molecule has 1 rings (SSSR count). The predicted molar refractivity (Wildman–Crippen MR) is 67.0 cm³/mol. The van der Waals surface area contributed by atoms with E-state index >= 15 is 0 Å². The highest BCUT2D eigenvalue weighted by molar-refractivity contribution is 5.82. The average molecular weight is 226 g/mol. The van der Waals surface area contributed by atoms with E-state index in [9.17, 15) is 4.79 Å². The average Bonchev–Trinajstić information content (AvgIpc) is 2.80. The van der Waals surface area contributed by atoms with E-state index in [2.05, 4.69) is 27.7 Å². The molecule has 0 saturated heterocycles. The van der Waals surface area contributed by atoms with Gasteiger partial charge in [0.05, 0.1) is 0 Å². The number of amides is 1. The molecule has 0 aromatic carbocycles. The molecule has 1 aliphatic carbocycles. The van der Waals surface area contributed by atoms with Crippen LogP contribution in [-0.4, -0.2) is 30.4 Å². The molecule has 0 aromatic rings. The molecule has 0 aliphatic heterocycles. The molecule has 0 bridgehead atoms. The van der Waals surface area contributed by atoms with E-state index in [1.807, 2.05) is 4.90 Å². The largest absolute Gasteiger partial charge is 0.342 e. The Hall–Kier alpha value is -0.570. The van der Waals surface area contributed by atoms with Crippen LogP contribution in [0, 0.1) is 17.3 Å². The van der Waals surface area contributed by atoms with E-state index in [0.717, 1.165) is 25.9 Å². The number of carbonyl (C=O) groups is 1. The normalized spacial score (nSPS) is 22.2. The molecule has 1 unspecified atom stereocenters. The van der Waals surface area contributed by atoms with Crippen LogP contribution in [0.15, 0.2) is 0 Å². The van der Waals surface area contributed by atoms with Gasteiger partial charge in [-0.3, -0.25) is 4.79 Å². The van der Waals surface area contributed by atoms with Crippen LogP contribution in [0.2, 0.25) is 0 Å². The number of hydrogen-bond acceptors (Lipinski definition) is 2. The Morgan fingerprint density at radius 3 is 2.44 bits per heavy atom. The maximum Gasteiger partial charge on any atom is 0.226 e. The standard InChI is InChI=1S/C13H26N2O/c1-10(2)9-15(7-5-6-14)12(16)11-8-13(11,3)4/h10-11H,5-9,14H2,1-4H3. The molecule has 1 atom stereocenters. The Labute approximate surface area is 99.4 Å². The summed E-state index contributed by atoms with van der Waals surface area (Å²) in [7, 11) is 0. The van der Waals surface area contributed by atoms with E-state index < -0.39 is 0 Å². The van der Waals surface area contributed by atoms with Gasteiger partial charge < -0.3 is 10.6 Å². The third-order valence-electron chi connectivity index (χ3n) is 3.34. The fourth-order valence-electron chi connectivity index (χ4n) is 2.12.